The maximum atomic E-state index is 5.67. The molecule has 0 aliphatic carbocycles. The van der Waals surface area contributed by atoms with Crippen molar-refractivity contribution in [1.82, 2.24) is 10.3 Å². The normalized spacial score (nSPS) is 17.7. The highest BCUT2D eigenvalue weighted by Gasteiger charge is 2.15. The average Bonchev–Trinajstić information content (AvgIpc) is 2.30. The van der Waals surface area contributed by atoms with Crippen LogP contribution in [-0.4, -0.2) is 24.2 Å². The average molecular weight is 220 g/mol. The van der Waals surface area contributed by atoms with Crippen molar-refractivity contribution in [3.63, 3.8) is 0 Å². The Kier molecular flexibility index (Phi) is 3.78. The highest BCUT2D eigenvalue weighted by molar-refractivity contribution is 5.26. The first-order valence-electron chi connectivity index (χ1n) is 6.08. The minimum absolute atomic E-state index is 0.213. The van der Waals surface area contributed by atoms with Gasteiger partial charge in [-0.3, -0.25) is 4.98 Å². The SMILES string of the molecule is CC(C)Oc1cncc(C2CCNCC2)c1. The molecule has 1 fully saturated rings. The van der Waals surface area contributed by atoms with Crippen LogP contribution in [0, 0.1) is 0 Å². The molecule has 0 bridgehead atoms. The van der Waals surface area contributed by atoms with Gasteiger partial charge in [-0.15, -0.1) is 0 Å². The van der Waals surface area contributed by atoms with Gasteiger partial charge in [0.1, 0.15) is 5.75 Å². The van der Waals surface area contributed by atoms with E-state index < -0.39 is 0 Å². The maximum absolute atomic E-state index is 5.67. The number of nitrogens with one attached hydrogen (secondary N) is 1. The predicted molar refractivity (Wildman–Crippen MR) is 64.8 cm³/mol. The quantitative estimate of drug-likeness (QED) is 0.849. The van der Waals surface area contributed by atoms with Crippen LogP contribution in [-0.2, 0) is 0 Å². The van der Waals surface area contributed by atoms with Gasteiger partial charge in [0.2, 0.25) is 0 Å². The first kappa shape index (κ1) is 11.4. The van der Waals surface area contributed by atoms with Crippen molar-refractivity contribution in [1.29, 1.82) is 0 Å². The Hall–Kier alpha value is -1.09. The zero-order chi connectivity index (χ0) is 11.4. The van der Waals surface area contributed by atoms with Crippen molar-refractivity contribution in [3.05, 3.63) is 24.0 Å². The minimum atomic E-state index is 0.213. The van der Waals surface area contributed by atoms with Crippen molar-refractivity contribution in [2.75, 3.05) is 13.1 Å². The second-order valence-electron chi connectivity index (χ2n) is 4.64. The van der Waals surface area contributed by atoms with Crippen LogP contribution in [0.4, 0.5) is 0 Å². The fourth-order valence-electron chi connectivity index (χ4n) is 2.15. The summed E-state index contributed by atoms with van der Waals surface area (Å²) in [5.41, 5.74) is 1.32. The zero-order valence-corrected chi connectivity index (χ0v) is 10.1. The molecule has 3 nitrogen and oxygen atoms in total. The van der Waals surface area contributed by atoms with Gasteiger partial charge in [-0.2, -0.15) is 0 Å². The highest BCUT2D eigenvalue weighted by atomic mass is 16.5. The second kappa shape index (κ2) is 5.30. The number of pyridine rings is 1. The maximum Gasteiger partial charge on any atom is 0.138 e. The van der Waals surface area contributed by atoms with Crippen LogP contribution in [0.3, 0.4) is 0 Å². The molecule has 2 heterocycles. The summed E-state index contributed by atoms with van der Waals surface area (Å²) in [6, 6.07) is 2.14. The molecule has 16 heavy (non-hydrogen) atoms. The Balaban J connectivity index is 2.08. The third-order valence-electron chi connectivity index (χ3n) is 2.92. The van der Waals surface area contributed by atoms with Crippen LogP contribution in [0.2, 0.25) is 0 Å². The Morgan fingerprint density at radius 3 is 2.75 bits per heavy atom. The van der Waals surface area contributed by atoms with Gasteiger partial charge >= 0.3 is 0 Å². The van der Waals surface area contributed by atoms with Crippen LogP contribution in [0.15, 0.2) is 18.5 Å². The van der Waals surface area contributed by atoms with Gasteiger partial charge in [0.15, 0.2) is 0 Å². The van der Waals surface area contributed by atoms with Gasteiger partial charge in [0, 0.05) is 6.20 Å². The molecule has 2 rings (SSSR count). The summed E-state index contributed by atoms with van der Waals surface area (Å²) >= 11 is 0. The molecule has 0 atom stereocenters. The third-order valence-corrected chi connectivity index (χ3v) is 2.92. The van der Waals surface area contributed by atoms with Crippen molar-refractivity contribution in [2.45, 2.75) is 38.7 Å². The van der Waals surface area contributed by atoms with E-state index in [-0.39, 0.29) is 6.10 Å². The van der Waals surface area contributed by atoms with Crippen LogP contribution < -0.4 is 10.1 Å². The van der Waals surface area contributed by atoms with Crippen molar-refractivity contribution < 1.29 is 4.74 Å². The van der Waals surface area contributed by atoms with E-state index in [0.29, 0.717) is 5.92 Å². The lowest BCUT2D eigenvalue weighted by molar-refractivity contribution is 0.241. The van der Waals surface area contributed by atoms with Crippen molar-refractivity contribution in [3.8, 4) is 5.75 Å². The molecule has 1 saturated heterocycles. The van der Waals surface area contributed by atoms with Crippen LogP contribution in [0.25, 0.3) is 0 Å². The smallest absolute Gasteiger partial charge is 0.138 e. The second-order valence-corrected chi connectivity index (χ2v) is 4.64. The number of ether oxygens (including phenoxy) is 1. The van der Waals surface area contributed by atoms with E-state index in [9.17, 15) is 0 Å². The summed E-state index contributed by atoms with van der Waals surface area (Å²) in [7, 11) is 0. The van der Waals surface area contributed by atoms with Crippen LogP contribution >= 0.6 is 0 Å². The first-order chi connectivity index (χ1) is 7.75. The van der Waals surface area contributed by atoms with E-state index in [1.807, 2.05) is 20.0 Å². The first-order valence-corrected chi connectivity index (χ1v) is 6.08. The Bertz CT molecular complexity index is 332. The molecule has 0 saturated carbocycles. The zero-order valence-electron chi connectivity index (χ0n) is 10.1. The lowest BCUT2D eigenvalue weighted by atomic mass is 9.91. The Morgan fingerprint density at radius 2 is 2.06 bits per heavy atom. The molecule has 0 unspecified atom stereocenters. The summed E-state index contributed by atoms with van der Waals surface area (Å²) in [5.74, 6) is 1.54. The van der Waals surface area contributed by atoms with Crippen LogP contribution in [0.1, 0.15) is 38.2 Å². The molecule has 0 spiro atoms. The molecule has 1 aliphatic heterocycles. The Labute approximate surface area is 97.2 Å². The van der Waals surface area contributed by atoms with E-state index in [2.05, 4.69) is 16.4 Å². The number of aromatic nitrogens is 1. The lowest BCUT2D eigenvalue weighted by Crippen LogP contribution is -2.26. The standard InChI is InChI=1S/C13H20N2O/c1-10(2)16-13-7-12(8-15-9-13)11-3-5-14-6-4-11/h7-11,14H,3-6H2,1-2H3. The van der Waals surface area contributed by atoms with E-state index >= 15 is 0 Å². The topological polar surface area (TPSA) is 34.1 Å². The third kappa shape index (κ3) is 2.95. The minimum Gasteiger partial charge on any atom is -0.489 e. The highest BCUT2D eigenvalue weighted by Crippen LogP contribution is 2.27. The molecule has 1 N–H and O–H groups in total. The predicted octanol–water partition coefficient (Wildman–Crippen LogP) is 2.34. The number of hydrogen-bond acceptors (Lipinski definition) is 3. The largest absolute Gasteiger partial charge is 0.489 e. The molecule has 0 aromatic carbocycles. The van der Waals surface area contributed by atoms with Gasteiger partial charge in [0.25, 0.3) is 0 Å². The van der Waals surface area contributed by atoms with Gasteiger partial charge < -0.3 is 10.1 Å². The fraction of sp³-hybridized carbons (Fsp3) is 0.615. The molecule has 1 aromatic rings. The van der Waals surface area contributed by atoms with Crippen molar-refractivity contribution in [2.24, 2.45) is 0 Å². The van der Waals surface area contributed by atoms with Gasteiger partial charge in [-0.1, -0.05) is 0 Å². The molecule has 1 aliphatic rings. The summed E-state index contributed by atoms with van der Waals surface area (Å²) in [4.78, 5) is 4.27. The summed E-state index contributed by atoms with van der Waals surface area (Å²) in [5, 5.41) is 3.38. The monoisotopic (exact) mass is 220 g/mol. The van der Waals surface area contributed by atoms with Crippen LogP contribution in [0.5, 0.6) is 5.75 Å². The molecular weight excluding hydrogens is 200 g/mol. The number of piperidine rings is 1. The Morgan fingerprint density at radius 1 is 1.31 bits per heavy atom. The molecule has 0 radical (unpaired) electrons. The van der Waals surface area contributed by atoms with Gasteiger partial charge in [-0.25, -0.2) is 0 Å². The summed E-state index contributed by atoms with van der Waals surface area (Å²) in [6.07, 6.45) is 6.39. The van der Waals surface area contributed by atoms with E-state index in [0.717, 1.165) is 18.8 Å². The van der Waals surface area contributed by atoms with E-state index in [4.69, 9.17) is 4.74 Å². The molecule has 0 amide bonds. The van der Waals surface area contributed by atoms with Crippen molar-refractivity contribution >= 4 is 0 Å². The number of nitrogens with zero attached hydrogens (tertiary/aromatic N) is 1. The fourth-order valence-corrected chi connectivity index (χ4v) is 2.15. The lowest BCUT2D eigenvalue weighted by Gasteiger charge is -2.23. The molecular formula is C13H20N2O. The van der Waals surface area contributed by atoms with E-state index in [1.165, 1.54) is 18.4 Å². The molecule has 1 aromatic heterocycles. The summed E-state index contributed by atoms with van der Waals surface area (Å²) in [6.45, 7) is 6.30. The molecule has 3 heteroatoms. The van der Waals surface area contributed by atoms with E-state index in [1.54, 1.807) is 6.20 Å². The van der Waals surface area contributed by atoms with Gasteiger partial charge in [0.05, 0.1) is 12.3 Å². The summed E-state index contributed by atoms with van der Waals surface area (Å²) < 4.78 is 5.67. The number of rotatable bonds is 3. The number of hydrogen-bond donors (Lipinski definition) is 1. The molecule has 88 valence electrons. The van der Waals surface area contributed by atoms with Gasteiger partial charge in [-0.05, 0) is 57.3 Å².